The quantitative estimate of drug-likeness (QED) is 0.0432. The lowest BCUT2D eigenvalue weighted by Crippen LogP contribution is -2.50. The highest BCUT2D eigenvalue weighted by Crippen LogP contribution is 2.41. The van der Waals surface area contributed by atoms with Crippen LogP contribution in [0.5, 0.6) is 0 Å². The number of pyridine rings is 2. The third-order valence-corrected chi connectivity index (χ3v) is 12.6. The van der Waals surface area contributed by atoms with E-state index in [-0.39, 0.29) is 47.1 Å². The first-order valence-corrected chi connectivity index (χ1v) is 21.2. The molecule has 0 saturated carbocycles. The number of hydrogen-bond acceptors (Lipinski definition) is 12. The van der Waals surface area contributed by atoms with Gasteiger partial charge >= 0.3 is 11.9 Å². The van der Waals surface area contributed by atoms with Crippen molar-refractivity contribution in [3.05, 3.63) is 82.1 Å². The average Bonchev–Trinajstić information content (AvgIpc) is 3.27. The van der Waals surface area contributed by atoms with E-state index in [0.717, 1.165) is 12.2 Å². The average molecular weight is 898 g/mol. The van der Waals surface area contributed by atoms with Gasteiger partial charge in [-0.05, 0) is 126 Å². The van der Waals surface area contributed by atoms with Gasteiger partial charge in [0.2, 0.25) is 0 Å². The molecule has 2 aliphatic heterocycles. The van der Waals surface area contributed by atoms with E-state index < -0.39 is 59.1 Å². The second-order valence-corrected chi connectivity index (χ2v) is 17.8. The molecule has 2 saturated heterocycles. The zero-order valence-corrected chi connectivity index (χ0v) is 36.2. The fourth-order valence-corrected chi connectivity index (χ4v) is 9.22. The molecule has 0 radical (unpaired) electrons. The summed E-state index contributed by atoms with van der Waals surface area (Å²) in [6, 6.07) is 9.75. The van der Waals surface area contributed by atoms with E-state index >= 15 is 0 Å². The fraction of sp³-hybridized carbons (Fsp3) is 0.455. The molecule has 2 aromatic carbocycles. The number of rotatable bonds is 16. The summed E-state index contributed by atoms with van der Waals surface area (Å²) in [7, 11) is 0. The summed E-state index contributed by atoms with van der Waals surface area (Å²) in [5, 5.41) is 14.0. The molecule has 2 atom stereocenters. The van der Waals surface area contributed by atoms with Crippen LogP contribution < -0.4 is 32.7 Å². The van der Waals surface area contributed by atoms with Crippen LogP contribution in [-0.2, 0) is 19.1 Å². The van der Waals surface area contributed by atoms with Crippen LogP contribution in [0.3, 0.4) is 0 Å². The van der Waals surface area contributed by atoms with Crippen molar-refractivity contribution >= 4 is 80.1 Å². The monoisotopic (exact) mass is 896 g/mol. The molecule has 14 nitrogen and oxygen atoms in total. The van der Waals surface area contributed by atoms with Gasteiger partial charge in [0.15, 0.2) is 0 Å². The lowest BCUT2D eigenvalue weighted by atomic mass is 9.71. The topological polar surface area (TPSA) is 213 Å². The number of amides is 2. The van der Waals surface area contributed by atoms with Crippen LogP contribution in [0, 0.1) is 10.8 Å². The van der Waals surface area contributed by atoms with Gasteiger partial charge in [0.25, 0.3) is 11.8 Å². The van der Waals surface area contributed by atoms with Crippen molar-refractivity contribution < 1.29 is 37.4 Å². The maximum atomic E-state index is 14.9. The number of ether oxygens (including phenoxy) is 2. The van der Waals surface area contributed by atoms with Crippen molar-refractivity contribution in [2.24, 2.45) is 10.8 Å². The van der Waals surface area contributed by atoms with E-state index in [4.69, 9.17) is 44.1 Å². The molecule has 2 unspecified atom stereocenters. The molecule has 18 heteroatoms. The number of nitrogens with two attached hydrogens (primary N) is 2. The molecule has 62 heavy (non-hydrogen) atoms. The summed E-state index contributed by atoms with van der Waals surface area (Å²) < 4.78 is 41.0. The predicted molar refractivity (Wildman–Crippen MR) is 235 cm³/mol. The van der Waals surface area contributed by atoms with Crippen LogP contribution in [0.15, 0.2) is 60.9 Å². The van der Waals surface area contributed by atoms with E-state index in [9.17, 15) is 28.0 Å². The minimum absolute atomic E-state index is 0.0511. The van der Waals surface area contributed by atoms with Gasteiger partial charge in [-0.3, -0.25) is 19.6 Å². The normalized spacial score (nSPS) is 18.1. The van der Waals surface area contributed by atoms with Crippen LogP contribution >= 0.6 is 23.2 Å². The summed E-state index contributed by atoms with van der Waals surface area (Å²) in [6.07, 6.45) is 7.00. The summed E-state index contributed by atoms with van der Waals surface area (Å²) in [4.78, 5) is 62.1. The lowest BCUT2D eigenvalue weighted by molar-refractivity contribution is -0.161. The number of alkyl halides is 2. The van der Waals surface area contributed by atoms with Crippen molar-refractivity contribution in [1.82, 2.24) is 31.2 Å². The van der Waals surface area contributed by atoms with Crippen molar-refractivity contribution in [3.8, 4) is 0 Å². The highest BCUT2D eigenvalue weighted by atomic mass is 35.5. The van der Waals surface area contributed by atoms with Gasteiger partial charge in [0.05, 0.1) is 43.6 Å². The van der Waals surface area contributed by atoms with Gasteiger partial charge in [-0.15, -0.1) is 0 Å². The number of benzene rings is 2. The second-order valence-electron chi connectivity index (χ2n) is 17.0. The van der Waals surface area contributed by atoms with Gasteiger partial charge in [-0.25, -0.2) is 18.4 Å². The van der Waals surface area contributed by atoms with E-state index in [2.05, 4.69) is 31.2 Å². The number of carbonyl (C=O) groups excluding carboxylic acids is 4. The summed E-state index contributed by atoms with van der Waals surface area (Å²) in [5.41, 5.74) is 9.48. The summed E-state index contributed by atoms with van der Waals surface area (Å²) in [5.74, 6) is -2.90. The molecule has 8 N–H and O–H groups in total. The van der Waals surface area contributed by atoms with Crippen molar-refractivity contribution in [2.45, 2.75) is 63.6 Å². The maximum Gasteiger partial charge on any atom is 0.331 e. The van der Waals surface area contributed by atoms with Gasteiger partial charge in [0, 0.05) is 48.4 Å². The van der Waals surface area contributed by atoms with Gasteiger partial charge < -0.3 is 42.2 Å². The van der Waals surface area contributed by atoms with E-state index in [1.165, 1.54) is 26.0 Å². The number of hydrogen-bond donors (Lipinski definition) is 6. The molecule has 2 amide bonds. The molecule has 2 fully saturated rings. The standard InChI is InChI=1S/C44H52Cl2F2N8O6/c1-41(23-47,21-43(9-15-51-16-10-43)25-55-39(59)29-19-31(45)35(49)27-5-3-13-53-37(27)29)61-33(57)7-8-34(58)62-42(2,24-48)22-44(11-17-52-18-12-44)26-56-40(60)30-20-32(46)36(50)28-6-4-14-54-38(28)30/h3-8,13-14,19-20,51-52H,9-12,15-18,21-26,49-50H2,1-2H3,(H,55,59)(H,56,60)/b8-7+. The third-order valence-electron chi connectivity index (χ3n) is 11.9. The van der Waals surface area contributed by atoms with E-state index in [0.29, 0.717) is 85.0 Å². The molecule has 2 aromatic heterocycles. The van der Waals surface area contributed by atoms with E-state index in [1.54, 1.807) is 36.7 Å². The largest absolute Gasteiger partial charge is 0.453 e. The molecule has 4 heterocycles. The van der Waals surface area contributed by atoms with Gasteiger partial charge in [-0.2, -0.15) is 0 Å². The summed E-state index contributed by atoms with van der Waals surface area (Å²) in [6.45, 7) is 3.41. The first-order chi connectivity index (χ1) is 29.5. The number of aromatic nitrogens is 2. The number of esters is 2. The number of nitrogens with zero attached hydrogens (tertiary/aromatic N) is 2. The molecule has 332 valence electrons. The van der Waals surface area contributed by atoms with Gasteiger partial charge in [-0.1, -0.05) is 23.2 Å². The predicted octanol–water partition coefficient (Wildman–Crippen LogP) is 6.03. The molecule has 0 spiro atoms. The van der Waals surface area contributed by atoms with Gasteiger partial charge in [0.1, 0.15) is 24.6 Å². The van der Waals surface area contributed by atoms with Crippen LogP contribution in [0.25, 0.3) is 21.8 Å². The van der Waals surface area contributed by atoms with Crippen molar-refractivity contribution in [2.75, 3.05) is 64.1 Å². The molecule has 0 aliphatic carbocycles. The maximum absolute atomic E-state index is 14.9. The fourth-order valence-electron chi connectivity index (χ4n) is 8.79. The molecule has 2 aliphatic rings. The minimum Gasteiger partial charge on any atom is -0.453 e. The van der Waals surface area contributed by atoms with Crippen LogP contribution in [0.4, 0.5) is 20.2 Å². The number of halogens is 4. The Morgan fingerprint density at radius 2 is 1.10 bits per heavy atom. The molecular weight excluding hydrogens is 845 g/mol. The highest BCUT2D eigenvalue weighted by molar-refractivity contribution is 6.36. The number of nitrogen functional groups attached to an aromatic ring is 2. The third kappa shape index (κ3) is 10.7. The second kappa shape index (κ2) is 19.5. The minimum atomic E-state index is -1.63. The Kier molecular flexibility index (Phi) is 14.6. The first kappa shape index (κ1) is 46.3. The zero-order chi connectivity index (χ0) is 44.7. The Labute approximate surface area is 368 Å². The Balaban J connectivity index is 1.09. The molecular formula is C44H52Cl2F2N8O6. The molecule has 4 aromatic rings. The van der Waals surface area contributed by atoms with Crippen LogP contribution in [0.1, 0.15) is 73.1 Å². The zero-order valence-electron chi connectivity index (χ0n) is 34.7. The van der Waals surface area contributed by atoms with Crippen molar-refractivity contribution in [3.63, 3.8) is 0 Å². The molecule has 6 rings (SSSR count). The smallest absolute Gasteiger partial charge is 0.331 e. The Bertz CT molecular complexity index is 2200. The Morgan fingerprint density at radius 1 is 0.726 bits per heavy atom. The van der Waals surface area contributed by atoms with Crippen LogP contribution in [0.2, 0.25) is 10.0 Å². The van der Waals surface area contributed by atoms with E-state index in [1.807, 2.05) is 0 Å². The molecule has 0 bridgehead atoms. The Hall–Kier alpha value is -5.16. The lowest BCUT2D eigenvalue weighted by Gasteiger charge is -2.43. The van der Waals surface area contributed by atoms with Crippen molar-refractivity contribution in [1.29, 1.82) is 0 Å². The number of carbonyl (C=O) groups is 4. The summed E-state index contributed by atoms with van der Waals surface area (Å²) >= 11 is 12.7. The number of anilines is 2. The number of nitrogens with one attached hydrogen (secondary N) is 4. The van der Waals surface area contributed by atoms with Crippen LogP contribution in [-0.4, -0.2) is 97.5 Å². The first-order valence-electron chi connectivity index (χ1n) is 20.4. The SMILES string of the molecule is CC(CF)(CC1(CNC(=O)c2cc(Cl)c(N)c3cccnc23)CCNCC1)OC(=O)/C=C/C(=O)OC(C)(CF)CC1(CNC(=O)c2cc(Cl)c(N)c3cccnc23)CCNCC1. The number of piperidine rings is 2. The Morgan fingerprint density at radius 3 is 1.45 bits per heavy atom. The number of fused-ring (bicyclic) bond motifs is 2. The highest BCUT2D eigenvalue weighted by Gasteiger charge is 2.44.